The lowest BCUT2D eigenvalue weighted by atomic mass is 10.1. The zero-order chi connectivity index (χ0) is 22.3. The van der Waals surface area contributed by atoms with Crippen LogP contribution in [-0.4, -0.2) is 25.8 Å². The van der Waals surface area contributed by atoms with Gasteiger partial charge in [0.1, 0.15) is 5.82 Å². The zero-order valence-electron chi connectivity index (χ0n) is 18.4. The van der Waals surface area contributed by atoms with Gasteiger partial charge < -0.3 is 4.90 Å². The Balaban J connectivity index is 1.66. The first-order valence-electron chi connectivity index (χ1n) is 10.7. The van der Waals surface area contributed by atoms with Crippen molar-refractivity contribution in [1.82, 2.24) is 19.9 Å². The minimum Gasteiger partial charge on any atom is -0.332 e. The molecule has 0 N–H and O–H groups in total. The molecule has 160 valence electrons. The Morgan fingerprint density at radius 2 is 1.62 bits per heavy atom. The number of aromatic nitrogens is 3. The maximum absolute atomic E-state index is 13.4. The molecule has 0 fully saturated rings. The topological polar surface area (TPSA) is 59.0 Å². The summed E-state index contributed by atoms with van der Waals surface area (Å²) in [7, 11) is 0. The van der Waals surface area contributed by atoms with Gasteiger partial charge in [0.15, 0.2) is 0 Å². The van der Waals surface area contributed by atoms with E-state index < -0.39 is 0 Å². The highest BCUT2D eigenvalue weighted by atomic mass is 16.2. The first-order valence-corrected chi connectivity index (χ1v) is 10.7. The maximum Gasteiger partial charge on any atom is 0.227 e. The third-order valence-corrected chi connectivity index (χ3v) is 5.28. The Morgan fingerprint density at radius 3 is 2.38 bits per heavy atom. The number of amides is 1. The predicted molar refractivity (Wildman–Crippen MR) is 126 cm³/mol. The number of benzene rings is 2. The van der Waals surface area contributed by atoms with Crippen LogP contribution in [0.5, 0.6) is 0 Å². The van der Waals surface area contributed by atoms with Crippen LogP contribution in [0, 0.1) is 13.8 Å². The zero-order valence-corrected chi connectivity index (χ0v) is 18.4. The average Bonchev–Trinajstić information content (AvgIpc) is 2.80. The Labute approximate surface area is 188 Å². The third-order valence-electron chi connectivity index (χ3n) is 5.28. The molecule has 0 saturated heterocycles. The van der Waals surface area contributed by atoms with Crippen LogP contribution < -0.4 is 0 Å². The number of hydrogen-bond acceptors (Lipinski definition) is 4. The van der Waals surface area contributed by atoms with Crippen LogP contribution in [0.1, 0.15) is 28.2 Å². The summed E-state index contributed by atoms with van der Waals surface area (Å²) < 4.78 is 0. The van der Waals surface area contributed by atoms with E-state index in [1.54, 1.807) is 12.4 Å². The number of hydrogen-bond donors (Lipinski definition) is 0. The van der Waals surface area contributed by atoms with E-state index in [4.69, 9.17) is 0 Å². The fraction of sp³-hybridized carbons (Fsp3) is 0.185. The van der Waals surface area contributed by atoms with Gasteiger partial charge in [0.25, 0.3) is 0 Å². The van der Waals surface area contributed by atoms with Gasteiger partial charge in [0.2, 0.25) is 5.91 Å². The molecule has 2 heterocycles. The van der Waals surface area contributed by atoms with Crippen molar-refractivity contribution in [1.29, 1.82) is 0 Å². The molecule has 0 unspecified atom stereocenters. The molecule has 0 aliphatic heterocycles. The van der Waals surface area contributed by atoms with E-state index in [1.165, 1.54) is 0 Å². The van der Waals surface area contributed by atoms with Crippen LogP contribution >= 0.6 is 0 Å². The third kappa shape index (κ3) is 5.43. The highest BCUT2D eigenvalue weighted by Crippen LogP contribution is 2.22. The number of nitrogens with zero attached hydrogens (tertiary/aromatic N) is 4. The van der Waals surface area contributed by atoms with Gasteiger partial charge in [-0.05, 0) is 37.1 Å². The molecule has 5 nitrogen and oxygen atoms in total. The van der Waals surface area contributed by atoms with Crippen LogP contribution in [0.3, 0.4) is 0 Å². The van der Waals surface area contributed by atoms with Gasteiger partial charge in [-0.3, -0.25) is 9.78 Å². The number of carbonyl (C=O) groups excluding carboxylic acids is 1. The van der Waals surface area contributed by atoms with E-state index in [0.29, 0.717) is 25.3 Å². The van der Waals surface area contributed by atoms with Crippen molar-refractivity contribution in [2.45, 2.75) is 33.4 Å². The molecule has 2 aromatic heterocycles. The van der Waals surface area contributed by atoms with Crippen molar-refractivity contribution < 1.29 is 4.79 Å². The Morgan fingerprint density at radius 1 is 0.844 bits per heavy atom. The summed E-state index contributed by atoms with van der Waals surface area (Å²) in [5.74, 6) is 0.730. The second-order valence-electron chi connectivity index (χ2n) is 7.89. The van der Waals surface area contributed by atoms with Gasteiger partial charge in [-0.25, -0.2) is 9.97 Å². The molecule has 32 heavy (non-hydrogen) atoms. The lowest BCUT2D eigenvalue weighted by molar-refractivity contribution is -0.131. The molecule has 0 aliphatic rings. The number of rotatable bonds is 7. The molecule has 0 saturated carbocycles. The van der Waals surface area contributed by atoms with Crippen LogP contribution in [0.25, 0.3) is 11.3 Å². The number of aryl methyl sites for hydroxylation is 2. The highest BCUT2D eigenvalue weighted by Gasteiger charge is 2.19. The molecule has 0 spiro atoms. The van der Waals surface area contributed by atoms with Crippen LogP contribution in [0.15, 0.2) is 85.2 Å². The van der Waals surface area contributed by atoms with E-state index in [2.05, 4.69) is 21.0 Å². The lowest BCUT2D eigenvalue weighted by Crippen LogP contribution is -2.32. The first kappa shape index (κ1) is 21.4. The highest BCUT2D eigenvalue weighted by molar-refractivity contribution is 5.79. The molecule has 4 aromatic rings. The van der Waals surface area contributed by atoms with Crippen LogP contribution in [0.2, 0.25) is 0 Å². The quantitative estimate of drug-likeness (QED) is 0.424. The molecular formula is C27H26N4O. The molecule has 0 radical (unpaired) electrons. The minimum absolute atomic E-state index is 0.0580. The van der Waals surface area contributed by atoms with Crippen molar-refractivity contribution in [3.05, 3.63) is 113 Å². The summed E-state index contributed by atoms with van der Waals surface area (Å²) in [5, 5.41) is 0. The van der Waals surface area contributed by atoms with Gasteiger partial charge in [-0.2, -0.15) is 0 Å². The number of pyridine rings is 1. The smallest absolute Gasteiger partial charge is 0.227 e. The molecule has 0 atom stereocenters. The second kappa shape index (κ2) is 9.96. The van der Waals surface area contributed by atoms with E-state index >= 15 is 0 Å². The average molecular weight is 423 g/mol. The van der Waals surface area contributed by atoms with Crippen molar-refractivity contribution in [2.75, 3.05) is 0 Å². The monoisotopic (exact) mass is 422 g/mol. The van der Waals surface area contributed by atoms with Crippen LogP contribution in [0.4, 0.5) is 0 Å². The van der Waals surface area contributed by atoms with Gasteiger partial charge in [0, 0.05) is 24.5 Å². The molecule has 5 heteroatoms. The number of carbonyl (C=O) groups is 1. The fourth-order valence-electron chi connectivity index (χ4n) is 3.70. The van der Waals surface area contributed by atoms with Gasteiger partial charge >= 0.3 is 0 Å². The summed E-state index contributed by atoms with van der Waals surface area (Å²) in [6.07, 6.45) is 3.90. The normalized spacial score (nSPS) is 10.7. The molecular weight excluding hydrogens is 396 g/mol. The van der Waals surface area contributed by atoms with Gasteiger partial charge in [0.05, 0.1) is 24.4 Å². The minimum atomic E-state index is 0.0580. The second-order valence-corrected chi connectivity index (χ2v) is 7.89. The van der Waals surface area contributed by atoms with E-state index in [0.717, 1.165) is 33.6 Å². The molecule has 1 amide bonds. The Hall–Kier alpha value is -3.86. The van der Waals surface area contributed by atoms with Crippen LogP contribution in [-0.2, 0) is 24.3 Å². The summed E-state index contributed by atoms with van der Waals surface area (Å²) in [6.45, 7) is 4.80. The SMILES string of the molecule is Cc1cccc(CC(=O)N(Cc2ccccc2)Cc2nc(C)ncc2-c2ccccn2)c1. The summed E-state index contributed by atoms with van der Waals surface area (Å²) >= 11 is 0. The predicted octanol–water partition coefficient (Wildman–Crippen LogP) is 4.93. The molecule has 0 aliphatic carbocycles. The van der Waals surface area contributed by atoms with Gasteiger partial charge in [-0.1, -0.05) is 66.2 Å². The first-order chi connectivity index (χ1) is 15.6. The van der Waals surface area contributed by atoms with E-state index in [-0.39, 0.29) is 5.91 Å². The molecule has 4 rings (SSSR count). The Bertz CT molecular complexity index is 1190. The standard InChI is InChI=1S/C27H26N4O/c1-20-9-8-12-23(15-20)16-27(32)31(18-22-10-4-3-5-11-22)19-26-24(17-29-21(2)30-26)25-13-6-7-14-28-25/h3-15,17H,16,18-19H2,1-2H3. The summed E-state index contributed by atoms with van der Waals surface area (Å²) in [4.78, 5) is 28.8. The maximum atomic E-state index is 13.4. The fourth-order valence-corrected chi connectivity index (χ4v) is 3.70. The van der Waals surface area contributed by atoms with Crippen molar-refractivity contribution in [2.24, 2.45) is 0 Å². The van der Waals surface area contributed by atoms with Gasteiger partial charge in [-0.15, -0.1) is 0 Å². The summed E-state index contributed by atoms with van der Waals surface area (Å²) in [6, 6.07) is 23.9. The van der Waals surface area contributed by atoms with Crippen molar-refractivity contribution in [3.8, 4) is 11.3 Å². The lowest BCUT2D eigenvalue weighted by Gasteiger charge is -2.24. The molecule has 2 aromatic carbocycles. The largest absolute Gasteiger partial charge is 0.332 e. The van der Waals surface area contributed by atoms with E-state index in [1.807, 2.05) is 85.5 Å². The van der Waals surface area contributed by atoms with E-state index in [9.17, 15) is 4.79 Å². The van der Waals surface area contributed by atoms with Crippen molar-refractivity contribution in [3.63, 3.8) is 0 Å². The summed E-state index contributed by atoms with van der Waals surface area (Å²) in [5.41, 5.74) is 5.68. The molecule has 0 bridgehead atoms. The van der Waals surface area contributed by atoms with Crippen molar-refractivity contribution >= 4 is 5.91 Å². The Kier molecular flexibility index (Phi) is 6.66.